The molecule has 0 radical (unpaired) electrons. The summed E-state index contributed by atoms with van der Waals surface area (Å²) in [4.78, 5) is 13.9. The Morgan fingerprint density at radius 1 is 1.48 bits per heavy atom. The van der Waals surface area contributed by atoms with E-state index in [1.807, 2.05) is 18.2 Å². The van der Waals surface area contributed by atoms with Gasteiger partial charge in [0, 0.05) is 31.9 Å². The van der Waals surface area contributed by atoms with Crippen LogP contribution in [0.1, 0.15) is 23.0 Å². The molecule has 1 aromatic carbocycles. The average Bonchev–Trinajstić information content (AvgIpc) is 3.20. The van der Waals surface area contributed by atoms with Crippen molar-refractivity contribution in [3.63, 3.8) is 0 Å². The van der Waals surface area contributed by atoms with Crippen LogP contribution < -0.4 is 10.2 Å². The Morgan fingerprint density at radius 3 is 3.13 bits per heavy atom. The third-order valence-corrected chi connectivity index (χ3v) is 4.03. The molecule has 0 aliphatic carbocycles. The SMILES string of the molecule is CN1CCc2cc([C@@H](O)CNC(=O)/C=C/c3ccco3)ccc21. The maximum atomic E-state index is 11.7. The van der Waals surface area contributed by atoms with Crippen molar-refractivity contribution in [3.8, 4) is 0 Å². The molecular formula is C18H20N2O3. The molecule has 0 saturated heterocycles. The first-order chi connectivity index (χ1) is 11.1. The van der Waals surface area contributed by atoms with Gasteiger partial charge < -0.3 is 19.7 Å². The average molecular weight is 312 g/mol. The highest BCUT2D eigenvalue weighted by atomic mass is 16.3. The van der Waals surface area contributed by atoms with Gasteiger partial charge in [0.1, 0.15) is 5.76 Å². The second kappa shape index (κ2) is 6.71. The summed E-state index contributed by atoms with van der Waals surface area (Å²) < 4.78 is 5.11. The maximum Gasteiger partial charge on any atom is 0.244 e. The Kier molecular flexibility index (Phi) is 4.48. The number of likely N-dealkylation sites (N-methyl/N-ethyl adjacent to an activating group) is 1. The number of furan rings is 1. The van der Waals surface area contributed by atoms with Crippen LogP contribution in [-0.2, 0) is 11.2 Å². The molecule has 2 aromatic rings. The lowest BCUT2D eigenvalue weighted by molar-refractivity contribution is -0.116. The van der Waals surface area contributed by atoms with Crippen LogP contribution in [-0.4, -0.2) is 31.2 Å². The number of carbonyl (C=O) groups excluding carboxylic acids is 1. The van der Waals surface area contributed by atoms with Crippen molar-refractivity contribution in [2.75, 3.05) is 25.0 Å². The second-order valence-corrected chi connectivity index (χ2v) is 5.67. The predicted octanol–water partition coefficient (Wildman–Crippen LogP) is 2.13. The molecule has 1 atom stereocenters. The van der Waals surface area contributed by atoms with Crippen LogP contribution in [0.2, 0.25) is 0 Å². The minimum Gasteiger partial charge on any atom is -0.465 e. The van der Waals surface area contributed by atoms with Gasteiger partial charge in [-0.05, 0) is 41.8 Å². The number of nitrogens with one attached hydrogen (secondary N) is 1. The van der Waals surface area contributed by atoms with Gasteiger partial charge in [0.25, 0.3) is 0 Å². The number of fused-ring (bicyclic) bond motifs is 1. The van der Waals surface area contributed by atoms with E-state index < -0.39 is 6.10 Å². The Balaban J connectivity index is 1.55. The summed E-state index contributed by atoms with van der Waals surface area (Å²) in [6, 6.07) is 9.48. The normalized spacial score (nSPS) is 15.0. The van der Waals surface area contributed by atoms with Crippen LogP contribution in [0.4, 0.5) is 5.69 Å². The molecule has 0 spiro atoms. The van der Waals surface area contributed by atoms with E-state index in [1.165, 1.54) is 17.3 Å². The number of rotatable bonds is 5. The molecule has 1 amide bonds. The fourth-order valence-corrected chi connectivity index (χ4v) is 2.71. The molecule has 1 aliphatic heterocycles. The number of amides is 1. The molecule has 23 heavy (non-hydrogen) atoms. The zero-order chi connectivity index (χ0) is 16.2. The molecule has 5 heteroatoms. The molecule has 0 unspecified atom stereocenters. The Labute approximate surface area is 135 Å². The summed E-state index contributed by atoms with van der Waals surface area (Å²) >= 11 is 0. The smallest absolute Gasteiger partial charge is 0.244 e. The van der Waals surface area contributed by atoms with E-state index in [2.05, 4.69) is 17.3 Å². The second-order valence-electron chi connectivity index (χ2n) is 5.67. The summed E-state index contributed by atoms with van der Waals surface area (Å²) in [6.45, 7) is 1.18. The van der Waals surface area contributed by atoms with Crippen molar-refractivity contribution in [3.05, 3.63) is 59.6 Å². The van der Waals surface area contributed by atoms with Crippen LogP contribution in [0.5, 0.6) is 0 Å². The molecular weight excluding hydrogens is 292 g/mol. The van der Waals surface area contributed by atoms with Crippen LogP contribution in [0.3, 0.4) is 0 Å². The Bertz CT molecular complexity index is 707. The van der Waals surface area contributed by atoms with Crippen LogP contribution in [0, 0.1) is 0 Å². The molecule has 0 saturated carbocycles. The predicted molar refractivity (Wildman–Crippen MR) is 89.1 cm³/mol. The Hall–Kier alpha value is -2.53. The van der Waals surface area contributed by atoms with Gasteiger partial charge in [-0.15, -0.1) is 0 Å². The van der Waals surface area contributed by atoms with E-state index >= 15 is 0 Å². The molecule has 5 nitrogen and oxygen atoms in total. The molecule has 0 fully saturated rings. The number of aliphatic hydroxyl groups is 1. The summed E-state index contributed by atoms with van der Waals surface area (Å²) in [6.07, 6.45) is 4.81. The molecule has 0 bridgehead atoms. The summed E-state index contributed by atoms with van der Waals surface area (Å²) in [5.74, 6) is 0.352. The first kappa shape index (κ1) is 15.4. The van der Waals surface area contributed by atoms with Gasteiger partial charge in [0.15, 0.2) is 0 Å². The van der Waals surface area contributed by atoms with Crippen molar-refractivity contribution in [2.45, 2.75) is 12.5 Å². The fraction of sp³-hybridized carbons (Fsp3) is 0.278. The van der Waals surface area contributed by atoms with Gasteiger partial charge in [0.05, 0.1) is 12.4 Å². The largest absolute Gasteiger partial charge is 0.465 e. The van der Waals surface area contributed by atoms with E-state index in [0.717, 1.165) is 18.5 Å². The van der Waals surface area contributed by atoms with Gasteiger partial charge >= 0.3 is 0 Å². The summed E-state index contributed by atoms with van der Waals surface area (Å²) in [7, 11) is 2.06. The number of carbonyl (C=O) groups is 1. The van der Waals surface area contributed by atoms with E-state index in [1.54, 1.807) is 24.5 Å². The topological polar surface area (TPSA) is 65.7 Å². The monoisotopic (exact) mass is 312 g/mol. The summed E-state index contributed by atoms with van der Waals surface area (Å²) in [5, 5.41) is 12.9. The number of benzene rings is 1. The molecule has 2 N–H and O–H groups in total. The fourth-order valence-electron chi connectivity index (χ4n) is 2.71. The van der Waals surface area contributed by atoms with Gasteiger partial charge in [-0.25, -0.2) is 0 Å². The van der Waals surface area contributed by atoms with Gasteiger partial charge in [-0.1, -0.05) is 12.1 Å². The highest BCUT2D eigenvalue weighted by Crippen LogP contribution is 2.29. The quantitative estimate of drug-likeness (QED) is 0.830. The zero-order valence-electron chi connectivity index (χ0n) is 13.0. The Morgan fingerprint density at radius 2 is 2.35 bits per heavy atom. The minimum absolute atomic E-state index is 0.177. The third kappa shape index (κ3) is 3.63. The van der Waals surface area contributed by atoms with E-state index in [9.17, 15) is 9.90 Å². The lowest BCUT2D eigenvalue weighted by Gasteiger charge is -2.15. The lowest BCUT2D eigenvalue weighted by Crippen LogP contribution is -2.26. The molecule has 120 valence electrons. The minimum atomic E-state index is -0.716. The van der Waals surface area contributed by atoms with Crippen molar-refractivity contribution in [1.82, 2.24) is 5.32 Å². The van der Waals surface area contributed by atoms with E-state index in [-0.39, 0.29) is 12.5 Å². The van der Waals surface area contributed by atoms with Gasteiger partial charge in [-0.3, -0.25) is 4.79 Å². The van der Waals surface area contributed by atoms with Gasteiger partial charge in [-0.2, -0.15) is 0 Å². The number of aliphatic hydroxyl groups excluding tert-OH is 1. The number of hydrogen-bond acceptors (Lipinski definition) is 4. The van der Waals surface area contributed by atoms with Crippen molar-refractivity contribution in [1.29, 1.82) is 0 Å². The first-order valence-electron chi connectivity index (χ1n) is 7.65. The van der Waals surface area contributed by atoms with Crippen molar-refractivity contribution < 1.29 is 14.3 Å². The van der Waals surface area contributed by atoms with Crippen LogP contribution in [0.25, 0.3) is 6.08 Å². The standard InChI is InChI=1S/C18H20N2O3/c1-20-9-8-13-11-14(4-6-16(13)20)17(21)12-19-18(22)7-5-15-3-2-10-23-15/h2-7,10-11,17,21H,8-9,12H2,1H3,(H,19,22)/b7-5+/t17-/m0/s1. The highest BCUT2D eigenvalue weighted by molar-refractivity contribution is 5.91. The summed E-state index contributed by atoms with van der Waals surface area (Å²) in [5.41, 5.74) is 3.29. The van der Waals surface area contributed by atoms with Gasteiger partial charge in [0.2, 0.25) is 5.91 Å². The molecule has 1 aliphatic rings. The highest BCUT2D eigenvalue weighted by Gasteiger charge is 2.17. The number of hydrogen-bond donors (Lipinski definition) is 2. The molecule has 3 rings (SSSR count). The number of anilines is 1. The molecule has 1 aromatic heterocycles. The van der Waals surface area contributed by atoms with E-state index in [0.29, 0.717) is 5.76 Å². The van der Waals surface area contributed by atoms with Crippen LogP contribution in [0.15, 0.2) is 47.1 Å². The zero-order valence-corrected chi connectivity index (χ0v) is 13.0. The lowest BCUT2D eigenvalue weighted by atomic mass is 10.0. The third-order valence-electron chi connectivity index (χ3n) is 4.03. The van der Waals surface area contributed by atoms with Crippen LogP contribution >= 0.6 is 0 Å². The van der Waals surface area contributed by atoms with Crippen molar-refractivity contribution >= 4 is 17.7 Å². The maximum absolute atomic E-state index is 11.7. The first-order valence-corrected chi connectivity index (χ1v) is 7.65. The van der Waals surface area contributed by atoms with E-state index in [4.69, 9.17) is 4.42 Å². The van der Waals surface area contributed by atoms with Crippen molar-refractivity contribution in [2.24, 2.45) is 0 Å². The molecule has 2 heterocycles. The number of nitrogens with zero attached hydrogens (tertiary/aromatic N) is 1.